The number of aliphatic hydroxyl groups excluding tert-OH is 1. The van der Waals surface area contributed by atoms with Crippen LogP contribution in [0.1, 0.15) is 29.0 Å². The fourth-order valence-electron chi connectivity index (χ4n) is 4.38. The number of rotatable bonds is 5. The summed E-state index contributed by atoms with van der Waals surface area (Å²) in [5.41, 5.74) is 0.443. The third-order valence-corrected chi connectivity index (χ3v) is 5.87. The Balaban J connectivity index is 1.39. The first-order valence-electron chi connectivity index (χ1n) is 9.62. The first-order valence-corrected chi connectivity index (χ1v) is 9.62. The van der Waals surface area contributed by atoms with Crippen LogP contribution < -0.4 is 4.74 Å². The molecule has 2 fully saturated rings. The molecule has 150 valence electrons. The van der Waals surface area contributed by atoms with Crippen molar-refractivity contribution >= 4 is 5.97 Å². The molecule has 0 amide bonds. The van der Waals surface area contributed by atoms with Gasteiger partial charge in [-0.1, -0.05) is 6.07 Å². The molecule has 4 atom stereocenters. The number of aryl methyl sites for hydroxylation is 1. The van der Waals surface area contributed by atoms with Crippen molar-refractivity contribution in [3.05, 3.63) is 42.0 Å². The number of ether oxygens (including phenoxy) is 2. The predicted molar refractivity (Wildman–Crippen MR) is 101 cm³/mol. The van der Waals surface area contributed by atoms with E-state index in [1.54, 1.807) is 30.6 Å². The van der Waals surface area contributed by atoms with Crippen LogP contribution in [0, 0.1) is 11.8 Å². The van der Waals surface area contributed by atoms with E-state index in [2.05, 4.69) is 15.1 Å². The summed E-state index contributed by atoms with van der Waals surface area (Å²) in [5.74, 6) is 2.07. The van der Waals surface area contributed by atoms with E-state index in [0.29, 0.717) is 23.1 Å². The molecule has 1 N–H and O–H groups in total. The summed E-state index contributed by atoms with van der Waals surface area (Å²) in [5, 5.41) is 18.7. The Kier molecular flexibility index (Phi) is 5.32. The van der Waals surface area contributed by atoms with Crippen LogP contribution in [-0.4, -0.2) is 63.1 Å². The summed E-state index contributed by atoms with van der Waals surface area (Å²) < 4.78 is 12.8. The average Bonchev–Trinajstić information content (AvgIpc) is 3.27. The number of hydrogen-bond donors (Lipinski definition) is 1. The van der Waals surface area contributed by atoms with E-state index in [-0.39, 0.29) is 6.10 Å². The van der Waals surface area contributed by atoms with Crippen LogP contribution >= 0.6 is 0 Å². The number of esters is 1. The van der Waals surface area contributed by atoms with E-state index < -0.39 is 12.1 Å². The normalized spacial score (nSPS) is 27.4. The Hall–Kier alpha value is -2.45. The van der Waals surface area contributed by atoms with E-state index >= 15 is 0 Å². The number of fused-ring (bicyclic) bond motifs is 1. The molecule has 0 spiro atoms. The summed E-state index contributed by atoms with van der Waals surface area (Å²) in [6.07, 6.45) is 2.45. The second kappa shape index (κ2) is 7.89. The fraction of sp³-hybridized carbons (Fsp3) is 0.550. The van der Waals surface area contributed by atoms with E-state index in [1.807, 2.05) is 11.6 Å². The average molecular weight is 386 g/mol. The number of aromatic nitrogens is 3. The number of nitrogens with zero attached hydrogens (tertiary/aromatic N) is 4. The van der Waals surface area contributed by atoms with Gasteiger partial charge in [-0.05, 0) is 42.9 Å². The summed E-state index contributed by atoms with van der Waals surface area (Å²) in [6, 6.07) is 6.92. The van der Waals surface area contributed by atoms with Gasteiger partial charge in [0.05, 0.1) is 25.3 Å². The zero-order valence-corrected chi connectivity index (χ0v) is 16.2. The van der Waals surface area contributed by atoms with Crippen molar-refractivity contribution in [2.45, 2.75) is 31.6 Å². The van der Waals surface area contributed by atoms with Crippen molar-refractivity contribution in [3.63, 3.8) is 0 Å². The number of hydrogen-bond acceptors (Lipinski definition) is 7. The monoisotopic (exact) mass is 386 g/mol. The molecule has 8 heteroatoms. The van der Waals surface area contributed by atoms with E-state index in [1.165, 1.54) is 7.11 Å². The van der Waals surface area contributed by atoms with Gasteiger partial charge < -0.3 is 19.1 Å². The van der Waals surface area contributed by atoms with Crippen molar-refractivity contribution in [3.8, 4) is 5.75 Å². The van der Waals surface area contributed by atoms with Gasteiger partial charge in [-0.2, -0.15) is 0 Å². The lowest BCUT2D eigenvalue weighted by Crippen LogP contribution is -2.42. The number of aliphatic hydroxyl groups is 1. The molecule has 1 aromatic carbocycles. The second-order valence-corrected chi connectivity index (χ2v) is 7.79. The molecule has 0 unspecified atom stereocenters. The first kappa shape index (κ1) is 18.9. The molecule has 1 saturated carbocycles. The summed E-state index contributed by atoms with van der Waals surface area (Å²) in [7, 11) is 3.31. The first-order chi connectivity index (χ1) is 13.5. The van der Waals surface area contributed by atoms with Crippen LogP contribution in [0.15, 0.2) is 30.6 Å². The predicted octanol–water partition coefficient (Wildman–Crippen LogP) is 1.25. The number of benzene rings is 1. The molecule has 1 aromatic heterocycles. The van der Waals surface area contributed by atoms with Gasteiger partial charge in [-0.15, -0.1) is 10.2 Å². The van der Waals surface area contributed by atoms with Crippen LogP contribution in [0.3, 0.4) is 0 Å². The molecule has 1 saturated heterocycles. The summed E-state index contributed by atoms with van der Waals surface area (Å²) in [4.78, 5) is 14.1. The maximum Gasteiger partial charge on any atom is 0.337 e. The Labute approximate surface area is 164 Å². The van der Waals surface area contributed by atoms with Crippen LogP contribution in [0.2, 0.25) is 0 Å². The number of carbonyl (C=O) groups is 1. The minimum Gasteiger partial charge on any atom is -0.488 e. The van der Waals surface area contributed by atoms with Crippen molar-refractivity contribution in [1.82, 2.24) is 19.7 Å². The molecule has 2 aromatic rings. The molecule has 1 aliphatic carbocycles. The lowest BCUT2D eigenvalue weighted by molar-refractivity contribution is -0.0231. The molecule has 28 heavy (non-hydrogen) atoms. The van der Waals surface area contributed by atoms with Crippen molar-refractivity contribution < 1.29 is 19.4 Å². The lowest BCUT2D eigenvalue weighted by Gasteiger charge is -2.35. The Morgan fingerprint density at radius 2 is 2.07 bits per heavy atom. The minimum atomic E-state index is -0.516. The van der Waals surface area contributed by atoms with Gasteiger partial charge in [-0.25, -0.2) is 4.79 Å². The summed E-state index contributed by atoms with van der Waals surface area (Å²) >= 11 is 0. The van der Waals surface area contributed by atoms with Gasteiger partial charge in [-0.3, -0.25) is 4.90 Å². The van der Waals surface area contributed by atoms with Gasteiger partial charge in [0, 0.05) is 20.1 Å². The second-order valence-electron chi connectivity index (χ2n) is 7.79. The van der Waals surface area contributed by atoms with Crippen molar-refractivity contribution in [2.75, 3.05) is 20.2 Å². The molecular formula is C20H26N4O4. The fourth-order valence-corrected chi connectivity index (χ4v) is 4.38. The lowest BCUT2D eigenvalue weighted by atomic mass is 9.78. The highest BCUT2D eigenvalue weighted by molar-refractivity contribution is 5.89. The minimum absolute atomic E-state index is 0.274. The van der Waals surface area contributed by atoms with Gasteiger partial charge >= 0.3 is 5.97 Å². The van der Waals surface area contributed by atoms with Crippen LogP contribution in [0.25, 0.3) is 0 Å². The zero-order chi connectivity index (χ0) is 19.7. The quantitative estimate of drug-likeness (QED) is 0.774. The maximum atomic E-state index is 11.7. The van der Waals surface area contributed by atoms with Crippen LogP contribution in [0.5, 0.6) is 5.75 Å². The number of likely N-dealkylation sites (tertiary alicyclic amines) is 1. The van der Waals surface area contributed by atoms with Gasteiger partial charge in [0.2, 0.25) is 0 Å². The van der Waals surface area contributed by atoms with Crippen molar-refractivity contribution in [1.29, 1.82) is 0 Å². The molecule has 4 rings (SSSR count). The summed E-state index contributed by atoms with van der Waals surface area (Å²) in [6.45, 7) is 2.69. The Bertz CT molecular complexity index is 839. The topological polar surface area (TPSA) is 89.7 Å². The smallest absolute Gasteiger partial charge is 0.337 e. The molecule has 2 heterocycles. The van der Waals surface area contributed by atoms with Gasteiger partial charge in [0.25, 0.3) is 0 Å². The van der Waals surface area contributed by atoms with E-state index in [0.717, 1.165) is 38.3 Å². The van der Waals surface area contributed by atoms with Gasteiger partial charge in [0.1, 0.15) is 24.0 Å². The standard InChI is InChI=1S/C20H26N4O4/c1-23-12-21-22-19(23)11-24-9-14-7-17(25)18(8-15(14)10-24)28-16-5-3-4-13(6-16)20(26)27-2/h3-6,12,14-15,17-18,25H,7-11H2,1-2H3/t14-,15+,17+,18+/m0/s1. The van der Waals surface area contributed by atoms with Crippen molar-refractivity contribution in [2.24, 2.45) is 18.9 Å². The highest BCUT2D eigenvalue weighted by Gasteiger charge is 2.42. The molecule has 8 nitrogen and oxygen atoms in total. The van der Waals surface area contributed by atoms with Crippen LogP contribution in [0.4, 0.5) is 0 Å². The highest BCUT2D eigenvalue weighted by atomic mass is 16.5. The van der Waals surface area contributed by atoms with Crippen LogP contribution in [-0.2, 0) is 18.3 Å². The zero-order valence-electron chi connectivity index (χ0n) is 16.2. The molecule has 0 bridgehead atoms. The third-order valence-electron chi connectivity index (χ3n) is 5.87. The molecule has 2 aliphatic rings. The highest BCUT2D eigenvalue weighted by Crippen LogP contribution is 2.38. The molecule has 0 radical (unpaired) electrons. The van der Waals surface area contributed by atoms with E-state index in [9.17, 15) is 9.90 Å². The Morgan fingerprint density at radius 3 is 2.79 bits per heavy atom. The SMILES string of the molecule is COC(=O)c1cccc(O[C@@H]2C[C@@H]3CN(Cc4nncn4C)C[C@@H]3C[C@H]2O)c1. The molecule has 1 aliphatic heterocycles. The maximum absolute atomic E-state index is 11.7. The van der Waals surface area contributed by atoms with E-state index in [4.69, 9.17) is 9.47 Å². The number of methoxy groups -OCH3 is 1. The third kappa shape index (κ3) is 3.88. The van der Waals surface area contributed by atoms with Gasteiger partial charge in [0.15, 0.2) is 0 Å². The Morgan fingerprint density at radius 1 is 1.29 bits per heavy atom. The largest absolute Gasteiger partial charge is 0.488 e. The number of carbonyl (C=O) groups excluding carboxylic acids is 1. The molecular weight excluding hydrogens is 360 g/mol.